The molecule has 5 heteroatoms. The fraction of sp³-hybridized carbons (Fsp3) is 0.632. The molecule has 1 aromatic rings. The number of carbonyl (C=O) groups is 1. The summed E-state index contributed by atoms with van der Waals surface area (Å²) in [7, 11) is 0. The first-order chi connectivity index (χ1) is 11.4. The normalized spacial score (nSPS) is 28.7. The van der Waals surface area contributed by atoms with Gasteiger partial charge in [0.05, 0.1) is 12.6 Å². The average Bonchev–Trinajstić information content (AvgIpc) is 3.10. The zero-order chi connectivity index (χ0) is 17.1. The molecule has 24 heavy (non-hydrogen) atoms. The number of halogens is 1. The first kappa shape index (κ1) is 16.2. The maximum atomic E-state index is 12.6. The highest BCUT2D eigenvalue weighted by molar-refractivity contribution is 6.30. The van der Waals surface area contributed by atoms with Crippen LogP contribution in [0.1, 0.15) is 44.7 Å². The Morgan fingerprint density at radius 2 is 2.17 bits per heavy atom. The van der Waals surface area contributed by atoms with Crippen LogP contribution in [0.25, 0.3) is 0 Å². The molecule has 4 rings (SSSR count). The van der Waals surface area contributed by atoms with E-state index in [0.29, 0.717) is 12.6 Å². The number of hydrogen-bond acceptors (Lipinski definition) is 3. The Morgan fingerprint density at radius 3 is 2.96 bits per heavy atom. The Balaban J connectivity index is 1.63. The molecule has 0 aliphatic carbocycles. The van der Waals surface area contributed by atoms with Gasteiger partial charge in [-0.2, -0.15) is 0 Å². The summed E-state index contributed by atoms with van der Waals surface area (Å²) in [6, 6.07) is 4.32. The van der Waals surface area contributed by atoms with E-state index >= 15 is 0 Å². The second-order valence-corrected chi connectivity index (χ2v) is 8.48. The van der Waals surface area contributed by atoms with Gasteiger partial charge in [0.15, 0.2) is 0 Å². The van der Waals surface area contributed by atoms with Gasteiger partial charge in [-0.1, -0.05) is 25.4 Å². The molecule has 3 aliphatic rings. The van der Waals surface area contributed by atoms with E-state index in [-0.39, 0.29) is 17.4 Å². The third kappa shape index (κ3) is 2.51. The van der Waals surface area contributed by atoms with Gasteiger partial charge in [-0.05, 0) is 31.9 Å². The lowest BCUT2D eigenvalue weighted by atomic mass is 9.86. The van der Waals surface area contributed by atoms with Crippen molar-refractivity contribution in [2.24, 2.45) is 0 Å². The number of piperazine rings is 1. The molecule has 2 fully saturated rings. The van der Waals surface area contributed by atoms with Crippen LogP contribution in [0.2, 0.25) is 5.02 Å². The Bertz CT molecular complexity index is 688. The minimum atomic E-state index is -0.0802. The lowest BCUT2D eigenvalue weighted by Crippen LogP contribution is -2.58. The molecule has 0 unspecified atom stereocenters. The summed E-state index contributed by atoms with van der Waals surface area (Å²) in [6.45, 7) is 9.65. The van der Waals surface area contributed by atoms with Crippen molar-refractivity contribution < 1.29 is 9.53 Å². The number of amides is 1. The lowest BCUT2D eigenvalue weighted by Gasteiger charge is -2.41. The average molecular weight is 349 g/mol. The maximum absolute atomic E-state index is 12.6. The fourth-order valence-electron chi connectivity index (χ4n) is 4.33. The molecule has 2 atom stereocenters. The Kier molecular flexibility index (Phi) is 3.81. The highest BCUT2D eigenvalue weighted by Gasteiger charge is 2.41. The van der Waals surface area contributed by atoms with Crippen molar-refractivity contribution in [1.29, 1.82) is 0 Å². The minimum absolute atomic E-state index is 0.0133. The number of fused-ring (bicyclic) bond motifs is 2. The third-order valence-corrected chi connectivity index (χ3v) is 6.04. The quantitative estimate of drug-likeness (QED) is 0.822. The third-order valence-electron chi connectivity index (χ3n) is 5.82. The maximum Gasteiger partial charge on any atom is 0.239 e. The van der Waals surface area contributed by atoms with E-state index < -0.39 is 0 Å². The molecule has 4 nitrogen and oxygen atoms in total. The molecule has 0 bridgehead atoms. The van der Waals surface area contributed by atoms with E-state index in [4.69, 9.17) is 16.3 Å². The smallest absolute Gasteiger partial charge is 0.239 e. The first-order valence-corrected chi connectivity index (χ1v) is 9.25. The minimum Gasteiger partial charge on any atom is -0.492 e. The van der Waals surface area contributed by atoms with Crippen LogP contribution in [0.3, 0.4) is 0 Å². The number of hydrogen-bond donors (Lipinski definition) is 0. The van der Waals surface area contributed by atoms with E-state index in [2.05, 4.69) is 23.6 Å². The van der Waals surface area contributed by atoms with Gasteiger partial charge in [-0.15, -0.1) is 0 Å². The molecule has 1 amide bonds. The van der Waals surface area contributed by atoms with Crippen molar-refractivity contribution in [2.75, 3.05) is 19.7 Å². The van der Waals surface area contributed by atoms with Crippen LogP contribution in [0, 0.1) is 0 Å². The summed E-state index contributed by atoms with van der Waals surface area (Å²) in [5.74, 6) is 1.24. The Labute approximate surface area is 148 Å². The van der Waals surface area contributed by atoms with Gasteiger partial charge < -0.3 is 9.64 Å². The fourth-order valence-corrected chi connectivity index (χ4v) is 4.57. The second kappa shape index (κ2) is 5.63. The molecule has 0 N–H and O–H groups in total. The monoisotopic (exact) mass is 348 g/mol. The van der Waals surface area contributed by atoms with E-state index in [1.807, 2.05) is 19.1 Å². The van der Waals surface area contributed by atoms with Crippen molar-refractivity contribution in [1.82, 2.24) is 9.80 Å². The number of rotatable bonds is 2. The topological polar surface area (TPSA) is 32.8 Å². The summed E-state index contributed by atoms with van der Waals surface area (Å²) < 4.78 is 6.01. The summed E-state index contributed by atoms with van der Waals surface area (Å²) in [6.07, 6.45) is 2.24. The van der Waals surface area contributed by atoms with Gasteiger partial charge in [-0.25, -0.2) is 0 Å². The lowest BCUT2D eigenvalue weighted by molar-refractivity contribution is -0.143. The van der Waals surface area contributed by atoms with Crippen LogP contribution < -0.4 is 4.74 Å². The Hall–Kier alpha value is -1.26. The molecular weight excluding hydrogens is 324 g/mol. The van der Waals surface area contributed by atoms with Crippen LogP contribution in [0.4, 0.5) is 0 Å². The first-order valence-electron chi connectivity index (χ1n) is 8.87. The molecular formula is C19H25ClN2O2. The SMILES string of the molecule is C[C@@H]1C(=O)N2CCC[C@@H]2CN1Cc1cc(Cl)cc2c1OCC2(C)C. The summed E-state index contributed by atoms with van der Waals surface area (Å²) in [5.41, 5.74) is 2.28. The molecule has 0 saturated carbocycles. The molecule has 1 aromatic carbocycles. The van der Waals surface area contributed by atoms with Crippen molar-refractivity contribution in [3.8, 4) is 5.75 Å². The molecule has 130 valence electrons. The summed E-state index contributed by atoms with van der Waals surface area (Å²) in [4.78, 5) is 17.0. The van der Waals surface area contributed by atoms with E-state index in [9.17, 15) is 4.79 Å². The number of nitrogens with zero attached hydrogens (tertiary/aromatic N) is 2. The highest BCUT2D eigenvalue weighted by atomic mass is 35.5. The van der Waals surface area contributed by atoms with Crippen LogP contribution in [-0.4, -0.2) is 47.5 Å². The van der Waals surface area contributed by atoms with Gasteiger partial charge in [0.1, 0.15) is 5.75 Å². The molecule has 0 spiro atoms. The van der Waals surface area contributed by atoms with Crippen molar-refractivity contribution >= 4 is 17.5 Å². The standard InChI is InChI=1S/C19H25ClN2O2/c1-12-18(23)22-6-4-5-15(22)10-21(12)9-13-7-14(20)8-16-17(13)24-11-19(16,2)3/h7-8,12,15H,4-6,9-11H2,1-3H3/t12-,15-/m1/s1. The zero-order valence-electron chi connectivity index (χ0n) is 14.6. The van der Waals surface area contributed by atoms with Gasteiger partial charge in [-0.3, -0.25) is 9.69 Å². The van der Waals surface area contributed by atoms with Crippen molar-refractivity contribution in [2.45, 2.75) is 57.7 Å². The predicted octanol–water partition coefficient (Wildman–Crippen LogP) is 3.21. The summed E-state index contributed by atoms with van der Waals surface area (Å²) >= 11 is 6.38. The Morgan fingerprint density at radius 1 is 1.38 bits per heavy atom. The number of ether oxygens (including phenoxy) is 1. The second-order valence-electron chi connectivity index (χ2n) is 8.05. The molecule has 3 aliphatic heterocycles. The van der Waals surface area contributed by atoms with Crippen molar-refractivity contribution in [3.63, 3.8) is 0 Å². The van der Waals surface area contributed by atoms with Crippen LogP contribution >= 0.6 is 11.6 Å². The van der Waals surface area contributed by atoms with E-state index in [1.54, 1.807) is 0 Å². The van der Waals surface area contributed by atoms with Crippen molar-refractivity contribution in [3.05, 3.63) is 28.3 Å². The van der Waals surface area contributed by atoms with Crippen LogP contribution in [0.5, 0.6) is 5.75 Å². The van der Waals surface area contributed by atoms with Gasteiger partial charge in [0.25, 0.3) is 0 Å². The number of benzene rings is 1. The van der Waals surface area contributed by atoms with E-state index in [1.165, 1.54) is 5.56 Å². The van der Waals surface area contributed by atoms with Gasteiger partial charge in [0.2, 0.25) is 5.91 Å². The molecule has 0 radical (unpaired) electrons. The highest BCUT2D eigenvalue weighted by Crippen LogP contribution is 2.43. The largest absolute Gasteiger partial charge is 0.492 e. The van der Waals surface area contributed by atoms with Gasteiger partial charge >= 0.3 is 0 Å². The molecule has 3 heterocycles. The van der Waals surface area contributed by atoms with Crippen LogP contribution in [-0.2, 0) is 16.8 Å². The van der Waals surface area contributed by atoms with E-state index in [0.717, 1.165) is 48.8 Å². The number of carbonyl (C=O) groups excluding carboxylic acids is 1. The van der Waals surface area contributed by atoms with Crippen LogP contribution in [0.15, 0.2) is 12.1 Å². The molecule has 0 aromatic heterocycles. The summed E-state index contributed by atoms with van der Waals surface area (Å²) in [5, 5.41) is 0.751. The molecule has 2 saturated heterocycles. The van der Waals surface area contributed by atoms with Gasteiger partial charge in [0, 0.05) is 47.2 Å². The predicted molar refractivity (Wildman–Crippen MR) is 94.6 cm³/mol. The zero-order valence-corrected chi connectivity index (χ0v) is 15.4.